The van der Waals surface area contributed by atoms with Gasteiger partial charge in [0, 0.05) is 16.9 Å². The molecule has 0 N–H and O–H groups in total. The van der Waals surface area contributed by atoms with Gasteiger partial charge in [0.2, 0.25) is 0 Å². The van der Waals surface area contributed by atoms with Crippen molar-refractivity contribution in [2.24, 2.45) is 0 Å². The summed E-state index contributed by atoms with van der Waals surface area (Å²) in [5.74, 6) is -0.460. The van der Waals surface area contributed by atoms with Crippen LogP contribution >= 0.6 is 11.3 Å². The molecule has 2 nitrogen and oxygen atoms in total. The number of thiophene rings is 1. The van der Waals surface area contributed by atoms with Gasteiger partial charge in [-0.25, -0.2) is 4.39 Å². The number of halogens is 1. The van der Waals surface area contributed by atoms with Crippen LogP contribution in [0.15, 0.2) is 60.7 Å². The van der Waals surface area contributed by atoms with E-state index in [2.05, 4.69) is 0 Å². The molecule has 0 spiro atoms. The monoisotopic (exact) mass is 324 g/mol. The van der Waals surface area contributed by atoms with Crippen LogP contribution < -0.4 is 0 Å². The van der Waals surface area contributed by atoms with E-state index >= 15 is 0 Å². The lowest BCUT2D eigenvalue weighted by Gasteiger charge is -2.01. The minimum absolute atomic E-state index is 0.0523. The Morgan fingerprint density at radius 2 is 1.74 bits per heavy atom. The lowest BCUT2D eigenvalue weighted by molar-refractivity contribution is 0.0995. The number of carbonyl (C=O) groups excluding carboxylic acids is 2. The molecule has 0 saturated carbocycles. The van der Waals surface area contributed by atoms with E-state index in [4.69, 9.17) is 0 Å². The molecule has 0 amide bonds. The maximum Gasteiger partial charge on any atom is 0.177 e. The molecule has 2 aromatic carbocycles. The molecule has 0 fully saturated rings. The molecular formula is C19H13FO2S. The first kappa shape index (κ1) is 15.3. The van der Waals surface area contributed by atoms with E-state index in [0.717, 1.165) is 16.7 Å². The van der Waals surface area contributed by atoms with Crippen molar-refractivity contribution in [2.75, 3.05) is 0 Å². The van der Waals surface area contributed by atoms with E-state index in [-0.39, 0.29) is 18.0 Å². The summed E-state index contributed by atoms with van der Waals surface area (Å²) in [7, 11) is 0. The Morgan fingerprint density at radius 3 is 2.43 bits per heavy atom. The van der Waals surface area contributed by atoms with Crippen molar-refractivity contribution in [3.63, 3.8) is 0 Å². The molecule has 4 heteroatoms. The van der Waals surface area contributed by atoms with Gasteiger partial charge in [0.15, 0.2) is 5.78 Å². The number of benzene rings is 2. The van der Waals surface area contributed by atoms with E-state index < -0.39 is 0 Å². The molecular weight excluding hydrogens is 311 g/mol. The van der Waals surface area contributed by atoms with E-state index in [1.54, 1.807) is 36.4 Å². The van der Waals surface area contributed by atoms with Gasteiger partial charge in [-0.3, -0.25) is 9.59 Å². The molecule has 0 aliphatic carbocycles. The largest absolute Gasteiger partial charge is 0.298 e. The first-order valence-corrected chi connectivity index (χ1v) is 7.91. The highest BCUT2D eigenvalue weighted by Gasteiger charge is 2.13. The number of aldehydes is 1. The van der Waals surface area contributed by atoms with Gasteiger partial charge in [-0.15, -0.1) is 11.3 Å². The van der Waals surface area contributed by atoms with Crippen molar-refractivity contribution in [2.45, 2.75) is 6.42 Å². The second-order valence-corrected chi connectivity index (χ2v) is 6.18. The molecule has 0 aliphatic rings. The molecule has 1 heterocycles. The summed E-state index contributed by atoms with van der Waals surface area (Å²) in [6.07, 6.45) is 0.846. The van der Waals surface area contributed by atoms with Crippen molar-refractivity contribution in [3.05, 3.63) is 82.5 Å². The summed E-state index contributed by atoms with van der Waals surface area (Å²) < 4.78 is 13.6. The van der Waals surface area contributed by atoms with Gasteiger partial charge in [0.1, 0.15) is 12.1 Å². The van der Waals surface area contributed by atoms with E-state index in [9.17, 15) is 14.0 Å². The predicted molar refractivity (Wildman–Crippen MR) is 89.6 cm³/mol. The molecule has 0 radical (unpaired) electrons. The van der Waals surface area contributed by atoms with Gasteiger partial charge in [0.25, 0.3) is 0 Å². The molecule has 0 unspecified atom stereocenters. The van der Waals surface area contributed by atoms with Crippen LogP contribution in [0.4, 0.5) is 4.39 Å². The number of Topliss-reactive ketones (excluding diaryl/α,β-unsaturated/α-hetero) is 1. The zero-order valence-electron chi connectivity index (χ0n) is 12.2. The summed E-state index contributed by atoms with van der Waals surface area (Å²) in [4.78, 5) is 24.5. The average molecular weight is 324 g/mol. The maximum absolute atomic E-state index is 13.6. The fraction of sp³-hybridized carbons (Fsp3) is 0.0526. The second-order valence-electron chi connectivity index (χ2n) is 5.10. The molecule has 0 aliphatic heterocycles. The Hall–Kier alpha value is -2.59. The molecule has 1 aromatic heterocycles. The average Bonchev–Trinajstić information content (AvgIpc) is 3.07. The lowest BCUT2D eigenvalue weighted by Crippen LogP contribution is -2.02. The quantitative estimate of drug-likeness (QED) is 0.499. The molecule has 3 aromatic rings. The highest BCUT2D eigenvalue weighted by atomic mass is 32.1. The van der Waals surface area contributed by atoms with Crippen molar-refractivity contribution in [1.29, 1.82) is 0 Å². The summed E-state index contributed by atoms with van der Waals surface area (Å²) in [5.41, 5.74) is 1.97. The molecule has 23 heavy (non-hydrogen) atoms. The normalized spacial score (nSPS) is 10.5. The van der Waals surface area contributed by atoms with Crippen LogP contribution in [-0.4, -0.2) is 12.1 Å². The first-order chi connectivity index (χ1) is 11.2. The maximum atomic E-state index is 13.6. The molecule has 3 rings (SSSR count). The van der Waals surface area contributed by atoms with Crippen LogP contribution in [0.5, 0.6) is 0 Å². The zero-order chi connectivity index (χ0) is 16.2. The van der Waals surface area contributed by atoms with Crippen LogP contribution in [0.1, 0.15) is 25.6 Å². The minimum atomic E-state index is -0.359. The van der Waals surface area contributed by atoms with Crippen molar-refractivity contribution in [1.82, 2.24) is 0 Å². The smallest absolute Gasteiger partial charge is 0.177 e. The Bertz CT molecular complexity index is 850. The van der Waals surface area contributed by atoms with Crippen molar-refractivity contribution < 1.29 is 14.0 Å². The first-order valence-electron chi connectivity index (χ1n) is 7.09. The van der Waals surface area contributed by atoms with Crippen LogP contribution in [0, 0.1) is 5.82 Å². The lowest BCUT2D eigenvalue weighted by atomic mass is 10.1. The van der Waals surface area contributed by atoms with Gasteiger partial charge in [-0.2, -0.15) is 0 Å². The summed E-state index contributed by atoms with van der Waals surface area (Å²) in [6.45, 7) is 0. The Balaban J connectivity index is 1.79. The fourth-order valence-electron chi connectivity index (χ4n) is 2.27. The van der Waals surface area contributed by atoms with E-state index in [0.29, 0.717) is 16.0 Å². The van der Waals surface area contributed by atoms with Gasteiger partial charge < -0.3 is 0 Å². The molecule has 0 saturated heterocycles. The highest BCUT2D eigenvalue weighted by Crippen LogP contribution is 2.29. The topological polar surface area (TPSA) is 34.1 Å². The molecule has 0 bridgehead atoms. The Kier molecular flexibility index (Phi) is 4.44. The van der Waals surface area contributed by atoms with Crippen LogP contribution in [0.3, 0.4) is 0 Å². The van der Waals surface area contributed by atoms with Gasteiger partial charge in [0.05, 0.1) is 4.88 Å². The van der Waals surface area contributed by atoms with Crippen LogP contribution in [0.2, 0.25) is 0 Å². The van der Waals surface area contributed by atoms with Crippen molar-refractivity contribution >= 4 is 23.4 Å². The third kappa shape index (κ3) is 3.43. The summed E-state index contributed by atoms with van der Waals surface area (Å²) in [5, 5.41) is 0. The van der Waals surface area contributed by atoms with Crippen LogP contribution in [-0.2, 0) is 6.42 Å². The van der Waals surface area contributed by atoms with Gasteiger partial charge in [-0.05, 0) is 29.3 Å². The summed E-state index contributed by atoms with van der Waals surface area (Å²) in [6, 6.07) is 17.1. The number of rotatable bonds is 5. The number of hydrogen-bond donors (Lipinski definition) is 0. The predicted octanol–water partition coefficient (Wildman–Crippen LogP) is 4.79. The zero-order valence-corrected chi connectivity index (χ0v) is 13.0. The van der Waals surface area contributed by atoms with Gasteiger partial charge >= 0.3 is 0 Å². The number of carbonyl (C=O) groups is 2. The Morgan fingerprint density at radius 1 is 1.00 bits per heavy atom. The second kappa shape index (κ2) is 6.67. The standard InChI is InChI=1S/C19H13FO2S/c20-16-4-2-1-3-15(16)11-17(22)19-10-9-18(23-19)14-7-5-13(12-21)6-8-14/h1-10,12H,11H2. The third-order valence-electron chi connectivity index (χ3n) is 3.52. The minimum Gasteiger partial charge on any atom is -0.298 e. The third-order valence-corrected chi connectivity index (χ3v) is 4.70. The van der Waals surface area contributed by atoms with Crippen LogP contribution in [0.25, 0.3) is 10.4 Å². The van der Waals surface area contributed by atoms with Gasteiger partial charge in [-0.1, -0.05) is 42.5 Å². The summed E-state index contributed by atoms with van der Waals surface area (Å²) >= 11 is 1.37. The number of hydrogen-bond acceptors (Lipinski definition) is 3. The molecule has 114 valence electrons. The highest BCUT2D eigenvalue weighted by molar-refractivity contribution is 7.17. The Labute approximate surface area is 137 Å². The van der Waals surface area contributed by atoms with E-state index in [1.807, 2.05) is 18.2 Å². The van der Waals surface area contributed by atoms with Crippen molar-refractivity contribution in [3.8, 4) is 10.4 Å². The fourth-order valence-corrected chi connectivity index (χ4v) is 3.22. The molecule has 0 atom stereocenters. The van der Waals surface area contributed by atoms with E-state index in [1.165, 1.54) is 17.4 Å². The SMILES string of the molecule is O=Cc1ccc(-c2ccc(C(=O)Cc3ccccc3F)s2)cc1. The number of ketones is 1.